The summed E-state index contributed by atoms with van der Waals surface area (Å²) in [6.45, 7) is 11.6. The van der Waals surface area contributed by atoms with Gasteiger partial charge in [0.15, 0.2) is 0 Å². The van der Waals surface area contributed by atoms with Gasteiger partial charge in [-0.05, 0) is 86.5 Å². The second-order valence-electron chi connectivity index (χ2n) is 10.6. The number of aliphatic hydroxyl groups excluding tert-OH is 1. The van der Waals surface area contributed by atoms with Gasteiger partial charge in [-0.1, -0.05) is 49.8 Å². The lowest BCUT2D eigenvalue weighted by molar-refractivity contribution is -0.127. The van der Waals surface area contributed by atoms with E-state index in [-0.39, 0.29) is 23.1 Å². The van der Waals surface area contributed by atoms with Gasteiger partial charge in [0.2, 0.25) is 5.91 Å². The topological polar surface area (TPSA) is 60.8 Å². The Labute approximate surface area is 192 Å². The van der Waals surface area contributed by atoms with Crippen LogP contribution in [0.1, 0.15) is 64.9 Å². The van der Waals surface area contributed by atoms with Crippen LogP contribution in [0.25, 0.3) is 0 Å². The first-order valence-corrected chi connectivity index (χ1v) is 12.0. The second-order valence-corrected chi connectivity index (χ2v) is 10.6. The van der Waals surface area contributed by atoms with Gasteiger partial charge < -0.3 is 15.1 Å². The fourth-order valence-electron chi connectivity index (χ4n) is 6.17. The van der Waals surface area contributed by atoms with Gasteiger partial charge >= 0.3 is 0 Å². The normalized spacial score (nSPS) is 28.3. The van der Waals surface area contributed by atoms with Crippen LogP contribution in [0.4, 0.5) is 0 Å². The van der Waals surface area contributed by atoms with Crippen molar-refractivity contribution in [3.8, 4) is 5.75 Å². The summed E-state index contributed by atoms with van der Waals surface area (Å²) in [5, 5.41) is 20.1. The number of benzene rings is 1. The van der Waals surface area contributed by atoms with Gasteiger partial charge in [-0.25, -0.2) is 0 Å². The van der Waals surface area contributed by atoms with Gasteiger partial charge in [0.1, 0.15) is 5.75 Å². The van der Waals surface area contributed by atoms with Crippen LogP contribution in [0.5, 0.6) is 5.75 Å². The van der Waals surface area contributed by atoms with E-state index in [1.54, 1.807) is 12.1 Å². The van der Waals surface area contributed by atoms with E-state index in [0.29, 0.717) is 18.9 Å². The number of rotatable bonds is 3. The van der Waals surface area contributed by atoms with E-state index in [2.05, 4.69) is 32.3 Å². The monoisotopic (exact) mass is 435 g/mol. The minimum atomic E-state index is -0.509. The summed E-state index contributed by atoms with van der Waals surface area (Å²) in [5.41, 5.74) is 5.70. The molecule has 3 atom stereocenters. The standard InChI is InChI=1S/C28H37NO3/c1-18-5-8-21-9-12-24-26(28(21,3)4)25(17-19(2)16-23(31)15-18)29(27(24)32)14-13-20-6-10-22(30)11-7-20/h6-7,10-11,16,21,23,25,30-31H,1,5,8-9,12-15,17H2,2-4H3/t21-,23+,25-/m1/s1. The highest BCUT2D eigenvalue weighted by molar-refractivity contribution is 5.98. The third-order valence-corrected chi connectivity index (χ3v) is 7.93. The largest absolute Gasteiger partial charge is 0.508 e. The summed E-state index contributed by atoms with van der Waals surface area (Å²) in [6.07, 6.45) is 7.50. The van der Waals surface area contributed by atoms with E-state index in [0.717, 1.165) is 60.8 Å². The molecule has 2 N–H and O–H groups in total. The Balaban J connectivity index is 1.67. The Morgan fingerprint density at radius 3 is 2.53 bits per heavy atom. The summed E-state index contributed by atoms with van der Waals surface area (Å²) in [6, 6.07) is 7.32. The van der Waals surface area contributed by atoms with Crippen molar-refractivity contribution in [3.05, 3.63) is 64.8 Å². The molecule has 4 nitrogen and oxygen atoms in total. The molecule has 0 unspecified atom stereocenters. The zero-order chi connectivity index (χ0) is 23.0. The zero-order valence-corrected chi connectivity index (χ0v) is 19.7. The van der Waals surface area contributed by atoms with Crippen molar-refractivity contribution in [3.63, 3.8) is 0 Å². The predicted octanol–water partition coefficient (Wildman–Crippen LogP) is 5.32. The highest BCUT2D eigenvalue weighted by atomic mass is 16.3. The number of fused-ring (bicyclic) bond motifs is 1. The van der Waals surface area contributed by atoms with Crippen molar-refractivity contribution in [1.82, 2.24) is 4.90 Å². The van der Waals surface area contributed by atoms with Crippen LogP contribution in [0.15, 0.2) is 59.2 Å². The van der Waals surface area contributed by atoms with Crippen LogP contribution in [-0.4, -0.2) is 39.7 Å². The number of aliphatic hydroxyl groups is 1. The molecule has 0 radical (unpaired) electrons. The number of phenols is 1. The molecule has 0 aromatic heterocycles. The summed E-state index contributed by atoms with van der Waals surface area (Å²) in [7, 11) is 0. The molecule has 2 bridgehead atoms. The van der Waals surface area contributed by atoms with E-state index >= 15 is 0 Å². The van der Waals surface area contributed by atoms with Crippen molar-refractivity contribution < 1.29 is 15.0 Å². The zero-order valence-electron chi connectivity index (χ0n) is 19.7. The Morgan fingerprint density at radius 2 is 1.81 bits per heavy atom. The first-order valence-electron chi connectivity index (χ1n) is 12.0. The van der Waals surface area contributed by atoms with Crippen LogP contribution in [0.3, 0.4) is 0 Å². The molecular weight excluding hydrogens is 398 g/mol. The maximum Gasteiger partial charge on any atom is 0.250 e. The van der Waals surface area contributed by atoms with E-state index in [1.807, 2.05) is 18.2 Å². The smallest absolute Gasteiger partial charge is 0.250 e. The average molecular weight is 436 g/mol. The van der Waals surface area contributed by atoms with Gasteiger partial charge in [0.25, 0.3) is 0 Å². The Kier molecular flexibility index (Phi) is 6.35. The Bertz CT molecular complexity index is 953. The summed E-state index contributed by atoms with van der Waals surface area (Å²) in [4.78, 5) is 15.7. The third-order valence-electron chi connectivity index (χ3n) is 7.93. The number of hydrogen-bond acceptors (Lipinski definition) is 3. The quantitative estimate of drug-likeness (QED) is 0.632. The summed E-state index contributed by atoms with van der Waals surface area (Å²) >= 11 is 0. The number of carbonyl (C=O) groups excluding carboxylic acids is 1. The van der Waals surface area contributed by atoms with Crippen molar-refractivity contribution in [1.29, 1.82) is 0 Å². The number of phenolic OH excluding ortho intramolecular Hbond substituents is 1. The maximum absolute atomic E-state index is 13.6. The van der Waals surface area contributed by atoms with Crippen molar-refractivity contribution in [2.75, 3.05) is 6.54 Å². The molecule has 0 fully saturated rings. The Morgan fingerprint density at radius 1 is 1.12 bits per heavy atom. The SMILES string of the molecule is C=C1CC[C@@H]2CCC3=C([C@@H](CC(C)=C[C@@H](O)C1)N(CCc1ccc(O)cc1)C3=O)C2(C)C. The van der Waals surface area contributed by atoms with Gasteiger partial charge in [0.05, 0.1) is 12.1 Å². The lowest BCUT2D eigenvalue weighted by Gasteiger charge is -2.43. The molecule has 0 saturated heterocycles. The molecule has 1 amide bonds. The van der Waals surface area contributed by atoms with Crippen molar-refractivity contribution in [2.45, 2.75) is 77.9 Å². The molecule has 1 aromatic rings. The van der Waals surface area contributed by atoms with Crippen LogP contribution < -0.4 is 0 Å². The highest BCUT2D eigenvalue weighted by Crippen LogP contribution is 2.53. The van der Waals surface area contributed by atoms with E-state index in [1.165, 1.54) is 5.57 Å². The molecule has 2 aliphatic carbocycles. The number of aromatic hydroxyl groups is 1. The number of amides is 1. The molecular formula is C28H37NO3. The molecule has 32 heavy (non-hydrogen) atoms. The molecule has 1 aliphatic heterocycles. The second kappa shape index (κ2) is 8.90. The summed E-state index contributed by atoms with van der Waals surface area (Å²) in [5.74, 6) is 0.978. The molecule has 4 heteroatoms. The molecule has 4 rings (SSSR count). The molecule has 172 valence electrons. The fourth-order valence-corrected chi connectivity index (χ4v) is 6.17. The maximum atomic E-state index is 13.6. The van der Waals surface area contributed by atoms with E-state index in [4.69, 9.17) is 0 Å². The Hall–Kier alpha value is -2.33. The predicted molar refractivity (Wildman–Crippen MR) is 128 cm³/mol. The van der Waals surface area contributed by atoms with Crippen molar-refractivity contribution in [2.24, 2.45) is 11.3 Å². The lowest BCUT2D eigenvalue weighted by atomic mass is 9.62. The van der Waals surface area contributed by atoms with Crippen LogP contribution >= 0.6 is 0 Å². The first-order chi connectivity index (χ1) is 15.2. The summed E-state index contributed by atoms with van der Waals surface area (Å²) < 4.78 is 0. The van der Waals surface area contributed by atoms with Crippen LogP contribution in [0, 0.1) is 11.3 Å². The van der Waals surface area contributed by atoms with Crippen LogP contribution in [-0.2, 0) is 11.2 Å². The van der Waals surface area contributed by atoms with Gasteiger partial charge in [-0.15, -0.1) is 0 Å². The lowest BCUT2D eigenvalue weighted by Crippen LogP contribution is -2.41. The molecule has 0 saturated carbocycles. The minimum Gasteiger partial charge on any atom is -0.508 e. The first kappa shape index (κ1) is 22.8. The average Bonchev–Trinajstić information content (AvgIpc) is 2.98. The number of hydrogen-bond donors (Lipinski definition) is 2. The van der Waals surface area contributed by atoms with Gasteiger partial charge in [0, 0.05) is 12.1 Å². The number of carbonyl (C=O) groups is 1. The number of nitrogens with zero attached hydrogens (tertiary/aromatic N) is 1. The fraction of sp³-hybridized carbons (Fsp3) is 0.536. The van der Waals surface area contributed by atoms with Crippen LogP contribution in [0.2, 0.25) is 0 Å². The highest BCUT2D eigenvalue weighted by Gasteiger charge is 2.49. The molecule has 1 aromatic carbocycles. The van der Waals surface area contributed by atoms with E-state index in [9.17, 15) is 15.0 Å². The van der Waals surface area contributed by atoms with Gasteiger partial charge in [-0.2, -0.15) is 0 Å². The van der Waals surface area contributed by atoms with E-state index < -0.39 is 6.10 Å². The third kappa shape index (κ3) is 4.43. The molecule has 1 heterocycles. The molecule has 3 aliphatic rings. The van der Waals surface area contributed by atoms with Gasteiger partial charge in [-0.3, -0.25) is 4.79 Å². The molecule has 0 spiro atoms. The minimum absolute atomic E-state index is 0.0282. The van der Waals surface area contributed by atoms with Crippen molar-refractivity contribution >= 4 is 5.91 Å².